The number of carbonyl (C=O) groups is 1. The molecule has 2 aromatic carbocycles. The summed E-state index contributed by atoms with van der Waals surface area (Å²) < 4.78 is 31.3. The minimum atomic E-state index is -3.66. The van der Waals surface area contributed by atoms with Gasteiger partial charge in [0, 0.05) is 18.6 Å². The van der Waals surface area contributed by atoms with Gasteiger partial charge in [-0.05, 0) is 46.6 Å². The molecule has 0 unspecified atom stereocenters. The molecule has 0 aliphatic heterocycles. The topological polar surface area (TPSA) is 63.7 Å². The Morgan fingerprint density at radius 1 is 1.17 bits per heavy atom. The third-order valence-corrected chi connectivity index (χ3v) is 6.19. The molecule has 0 N–H and O–H groups in total. The Morgan fingerprint density at radius 3 is 2.50 bits per heavy atom. The second-order valence-corrected chi connectivity index (χ2v) is 8.47. The van der Waals surface area contributed by atoms with E-state index in [0.29, 0.717) is 4.47 Å². The minimum Gasteiger partial charge on any atom is -0.457 e. The van der Waals surface area contributed by atoms with Crippen molar-refractivity contribution in [3.8, 4) is 0 Å². The number of nitrogens with zero attached hydrogens (tertiary/aromatic N) is 1. The van der Waals surface area contributed by atoms with E-state index in [2.05, 4.69) is 15.9 Å². The summed E-state index contributed by atoms with van der Waals surface area (Å²) in [6, 6.07) is 12.0. The standard InChI is InChI=1S/C17H18BrNO4S/c1-12-5-4-6-13(9-12)11-23-17(20)14-7-8-15(18)16(10-14)24(21,22)19(2)3/h4-10H,11H2,1-3H3. The van der Waals surface area contributed by atoms with E-state index in [4.69, 9.17) is 4.74 Å². The average Bonchev–Trinajstić information content (AvgIpc) is 2.52. The number of sulfonamides is 1. The molecule has 0 amide bonds. The lowest BCUT2D eigenvalue weighted by Gasteiger charge is -2.14. The maximum atomic E-state index is 12.3. The van der Waals surface area contributed by atoms with Gasteiger partial charge in [-0.1, -0.05) is 29.8 Å². The number of ether oxygens (including phenoxy) is 1. The van der Waals surface area contributed by atoms with E-state index >= 15 is 0 Å². The highest BCUT2D eigenvalue weighted by Crippen LogP contribution is 2.25. The Kier molecular flexibility index (Phi) is 5.79. The number of esters is 1. The minimum absolute atomic E-state index is 0.0255. The summed E-state index contributed by atoms with van der Waals surface area (Å²) in [5.41, 5.74) is 2.14. The highest BCUT2D eigenvalue weighted by molar-refractivity contribution is 9.10. The van der Waals surface area contributed by atoms with E-state index in [9.17, 15) is 13.2 Å². The SMILES string of the molecule is Cc1cccc(COC(=O)c2ccc(Br)c(S(=O)(=O)N(C)C)c2)c1. The fourth-order valence-corrected chi connectivity index (χ4v) is 3.90. The molecule has 0 spiro atoms. The molecule has 2 aromatic rings. The summed E-state index contributed by atoms with van der Waals surface area (Å²) in [4.78, 5) is 12.2. The zero-order valence-corrected chi connectivity index (χ0v) is 16.0. The number of halogens is 1. The lowest BCUT2D eigenvalue weighted by atomic mass is 10.1. The van der Waals surface area contributed by atoms with Crippen molar-refractivity contribution in [2.45, 2.75) is 18.4 Å². The largest absolute Gasteiger partial charge is 0.457 e. The zero-order chi connectivity index (χ0) is 17.9. The van der Waals surface area contributed by atoms with E-state index in [1.54, 1.807) is 0 Å². The predicted octanol–water partition coefficient (Wildman–Crippen LogP) is 3.36. The molecule has 5 nitrogen and oxygen atoms in total. The molecule has 0 aromatic heterocycles. The zero-order valence-electron chi connectivity index (χ0n) is 13.6. The molecule has 0 saturated carbocycles. The van der Waals surface area contributed by atoms with Gasteiger partial charge in [0.2, 0.25) is 10.0 Å². The molecule has 0 bridgehead atoms. The molecule has 0 aliphatic rings. The average molecular weight is 412 g/mol. The maximum Gasteiger partial charge on any atom is 0.338 e. The van der Waals surface area contributed by atoms with Crippen molar-refractivity contribution < 1.29 is 17.9 Å². The summed E-state index contributed by atoms with van der Waals surface area (Å²) in [5, 5.41) is 0. The molecule has 0 aliphatic carbocycles. The van der Waals surface area contributed by atoms with Gasteiger partial charge >= 0.3 is 5.97 Å². The van der Waals surface area contributed by atoms with Crippen molar-refractivity contribution in [3.05, 3.63) is 63.6 Å². The first-order valence-electron chi connectivity index (χ1n) is 7.16. The van der Waals surface area contributed by atoms with Gasteiger partial charge in [-0.15, -0.1) is 0 Å². The van der Waals surface area contributed by atoms with Crippen LogP contribution in [0.5, 0.6) is 0 Å². The first-order chi connectivity index (χ1) is 11.2. The van der Waals surface area contributed by atoms with Crippen molar-refractivity contribution in [2.75, 3.05) is 14.1 Å². The fourth-order valence-electron chi connectivity index (χ4n) is 2.06. The third kappa shape index (κ3) is 4.23. The van der Waals surface area contributed by atoms with Gasteiger partial charge in [-0.2, -0.15) is 0 Å². The van der Waals surface area contributed by atoms with Gasteiger partial charge in [0.25, 0.3) is 0 Å². The smallest absolute Gasteiger partial charge is 0.338 e. The van der Waals surface area contributed by atoms with Crippen molar-refractivity contribution >= 4 is 31.9 Å². The van der Waals surface area contributed by atoms with Crippen LogP contribution in [0.15, 0.2) is 51.8 Å². The van der Waals surface area contributed by atoms with Crippen molar-refractivity contribution in [3.63, 3.8) is 0 Å². The van der Waals surface area contributed by atoms with Crippen LogP contribution in [0.3, 0.4) is 0 Å². The summed E-state index contributed by atoms with van der Waals surface area (Å²) in [7, 11) is -0.788. The van der Waals surface area contributed by atoms with Gasteiger partial charge in [0.1, 0.15) is 6.61 Å². The van der Waals surface area contributed by atoms with E-state index < -0.39 is 16.0 Å². The van der Waals surface area contributed by atoms with Gasteiger partial charge in [0.15, 0.2) is 0 Å². The molecule has 128 valence electrons. The maximum absolute atomic E-state index is 12.3. The number of rotatable bonds is 5. The van der Waals surface area contributed by atoms with Crippen molar-refractivity contribution in [1.29, 1.82) is 0 Å². The van der Waals surface area contributed by atoms with Crippen LogP contribution < -0.4 is 0 Å². The van der Waals surface area contributed by atoms with Crippen LogP contribution in [0.25, 0.3) is 0 Å². The van der Waals surface area contributed by atoms with Crippen LogP contribution in [-0.2, 0) is 21.4 Å². The quantitative estimate of drug-likeness (QED) is 0.707. The predicted molar refractivity (Wildman–Crippen MR) is 95.3 cm³/mol. The van der Waals surface area contributed by atoms with Crippen molar-refractivity contribution in [2.24, 2.45) is 0 Å². The normalized spacial score (nSPS) is 11.5. The van der Waals surface area contributed by atoms with Gasteiger partial charge < -0.3 is 4.74 Å². The summed E-state index contributed by atoms with van der Waals surface area (Å²) in [5.74, 6) is -0.570. The number of carbonyl (C=O) groups excluding carboxylic acids is 1. The Bertz CT molecular complexity index is 863. The summed E-state index contributed by atoms with van der Waals surface area (Å²) in [6.45, 7) is 2.09. The lowest BCUT2D eigenvalue weighted by Crippen LogP contribution is -2.23. The molecular formula is C17H18BrNO4S. The fraction of sp³-hybridized carbons (Fsp3) is 0.235. The highest BCUT2D eigenvalue weighted by Gasteiger charge is 2.22. The molecule has 0 fully saturated rings. The monoisotopic (exact) mass is 411 g/mol. The second kappa shape index (κ2) is 7.46. The van der Waals surface area contributed by atoms with Crippen molar-refractivity contribution in [1.82, 2.24) is 4.31 Å². The number of hydrogen-bond donors (Lipinski definition) is 0. The second-order valence-electron chi connectivity index (χ2n) is 5.50. The Morgan fingerprint density at radius 2 is 1.88 bits per heavy atom. The number of aryl methyl sites for hydroxylation is 1. The van der Waals surface area contributed by atoms with E-state index in [1.165, 1.54) is 32.3 Å². The Hall–Kier alpha value is -1.70. The molecule has 2 rings (SSSR count). The van der Waals surface area contributed by atoms with Gasteiger partial charge in [-0.25, -0.2) is 17.5 Å². The molecule has 0 heterocycles. The highest BCUT2D eigenvalue weighted by atomic mass is 79.9. The van der Waals surface area contributed by atoms with Crippen LogP contribution >= 0.6 is 15.9 Å². The van der Waals surface area contributed by atoms with E-state index in [-0.39, 0.29) is 17.1 Å². The first-order valence-corrected chi connectivity index (χ1v) is 9.40. The summed E-state index contributed by atoms with van der Waals surface area (Å²) >= 11 is 3.21. The number of benzene rings is 2. The Balaban J connectivity index is 2.21. The molecule has 0 radical (unpaired) electrons. The van der Waals surface area contributed by atoms with E-state index in [0.717, 1.165) is 15.4 Å². The van der Waals surface area contributed by atoms with Gasteiger partial charge in [-0.3, -0.25) is 0 Å². The molecule has 0 saturated heterocycles. The first kappa shape index (κ1) is 18.6. The summed E-state index contributed by atoms with van der Waals surface area (Å²) in [6.07, 6.45) is 0. The Labute approximate surface area is 150 Å². The molecule has 0 atom stereocenters. The van der Waals surface area contributed by atoms with Crippen LogP contribution in [0.1, 0.15) is 21.5 Å². The van der Waals surface area contributed by atoms with E-state index in [1.807, 2.05) is 31.2 Å². The molecule has 7 heteroatoms. The van der Waals surface area contributed by atoms with Crippen LogP contribution in [0.2, 0.25) is 0 Å². The lowest BCUT2D eigenvalue weighted by molar-refractivity contribution is 0.0472. The molecule has 24 heavy (non-hydrogen) atoms. The molecular weight excluding hydrogens is 394 g/mol. The van der Waals surface area contributed by atoms with Crippen LogP contribution in [0.4, 0.5) is 0 Å². The third-order valence-electron chi connectivity index (χ3n) is 3.38. The van der Waals surface area contributed by atoms with Gasteiger partial charge in [0.05, 0.1) is 10.5 Å². The van der Waals surface area contributed by atoms with Crippen LogP contribution in [-0.4, -0.2) is 32.8 Å². The number of hydrogen-bond acceptors (Lipinski definition) is 4. The van der Waals surface area contributed by atoms with Crippen LogP contribution in [0, 0.1) is 6.92 Å².